The Morgan fingerprint density at radius 2 is 1.59 bits per heavy atom. The lowest BCUT2D eigenvalue weighted by Gasteiger charge is -2.33. The van der Waals surface area contributed by atoms with Gasteiger partial charge in [0.2, 0.25) is 11.8 Å². The SMILES string of the molecule is CCCCNC(=O)[C@H](Cc1ccccc1)N(Cc1c(Cl)cccc1Cl)C(=O)CN1C(=O)c2cccc3cccc1c23. The number of rotatable bonds is 11. The normalized spacial score (nSPS) is 13.0. The average Bonchev–Trinajstić information content (AvgIpc) is 3.24. The number of carbonyl (C=O) groups is 3. The first-order valence-electron chi connectivity index (χ1n) is 13.8. The summed E-state index contributed by atoms with van der Waals surface area (Å²) >= 11 is 13.1. The molecule has 4 aromatic rings. The first kappa shape index (κ1) is 28.7. The van der Waals surface area contributed by atoms with Gasteiger partial charge in [-0.15, -0.1) is 0 Å². The number of nitrogens with zero attached hydrogens (tertiary/aromatic N) is 2. The van der Waals surface area contributed by atoms with Crippen LogP contribution in [0.4, 0.5) is 5.69 Å². The molecular formula is C33H31Cl2N3O3. The lowest BCUT2D eigenvalue weighted by molar-refractivity contribution is -0.140. The van der Waals surface area contributed by atoms with Crippen LogP contribution < -0.4 is 10.2 Å². The molecule has 210 valence electrons. The molecule has 0 unspecified atom stereocenters. The van der Waals surface area contributed by atoms with Crippen LogP contribution in [0.2, 0.25) is 10.0 Å². The molecule has 0 saturated carbocycles. The summed E-state index contributed by atoms with van der Waals surface area (Å²) in [5.74, 6) is -0.893. The van der Waals surface area contributed by atoms with Crippen molar-refractivity contribution in [2.24, 2.45) is 0 Å². The zero-order valence-electron chi connectivity index (χ0n) is 22.8. The van der Waals surface area contributed by atoms with Gasteiger partial charge in [-0.3, -0.25) is 19.3 Å². The zero-order valence-corrected chi connectivity index (χ0v) is 24.3. The summed E-state index contributed by atoms with van der Waals surface area (Å²) in [6.45, 7) is 2.32. The van der Waals surface area contributed by atoms with E-state index in [0.717, 1.165) is 29.2 Å². The van der Waals surface area contributed by atoms with Gasteiger partial charge in [0.1, 0.15) is 12.6 Å². The van der Waals surface area contributed by atoms with Gasteiger partial charge in [0, 0.05) is 46.1 Å². The molecule has 0 fully saturated rings. The molecule has 8 heteroatoms. The molecule has 1 heterocycles. The van der Waals surface area contributed by atoms with E-state index in [9.17, 15) is 14.4 Å². The van der Waals surface area contributed by atoms with Crippen LogP contribution in [-0.4, -0.2) is 41.8 Å². The van der Waals surface area contributed by atoms with Gasteiger partial charge >= 0.3 is 0 Å². The fraction of sp³-hybridized carbons (Fsp3) is 0.242. The molecule has 0 spiro atoms. The van der Waals surface area contributed by atoms with Crippen molar-refractivity contribution in [3.8, 4) is 0 Å². The lowest BCUT2D eigenvalue weighted by atomic mass is 10.0. The van der Waals surface area contributed by atoms with Crippen LogP contribution in [0.15, 0.2) is 84.9 Å². The maximum absolute atomic E-state index is 14.3. The van der Waals surface area contributed by atoms with Crippen LogP contribution >= 0.6 is 23.2 Å². The Labute approximate surface area is 249 Å². The summed E-state index contributed by atoms with van der Waals surface area (Å²) in [6.07, 6.45) is 2.03. The summed E-state index contributed by atoms with van der Waals surface area (Å²) in [5.41, 5.74) is 2.69. The molecule has 5 rings (SSSR count). The van der Waals surface area contributed by atoms with E-state index in [0.29, 0.717) is 33.4 Å². The predicted octanol–water partition coefficient (Wildman–Crippen LogP) is 6.66. The number of hydrogen-bond donors (Lipinski definition) is 1. The zero-order chi connectivity index (χ0) is 28.9. The maximum Gasteiger partial charge on any atom is 0.259 e. The molecule has 1 atom stereocenters. The van der Waals surface area contributed by atoms with Crippen molar-refractivity contribution < 1.29 is 14.4 Å². The fourth-order valence-electron chi connectivity index (χ4n) is 5.28. The fourth-order valence-corrected chi connectivity index (χ4v) is 5.79. The van der Waals surface area contributed by atoms with Gasteiger partial charge in [0.05, 0.1) is 5.69 Å². The third-order valence-electron chi connectivity index (χ3n) is 7.43. The third kappa shape index (κ3) is 6.09. The number of halogens is 2. The molecule has 0 bridgehead atoms. The predicted molar refractivity (Wildman–Crippen MR) is 164 cm³/mol. The van der Waals surface area contributed by atoms with E-state index in [4.69, 9.17) is 23.2 Å². The number of carbonyl (C=O) groups excluding carboxylic acids is 3. The molecule has 6 nitrogen and oxygen atoms in total. The molecule has 1 N–H and O–H groups in total. The Balaban J connectivity index is 1.52. The molecule has 0 aromatic heterocycles. The summed E-state index contributed by atoms with van der Waals surface area (Å²) in [7, 11) is 0. The van der Waals surface area contributed by atoms with E-state index in [2.05, 4.69) is 12.2 Å². The van der Waals surface area contributed by atoms with E-state index < -0.39 is 6.04 Å². The van der Waals surface area contributed by atoms with Crippen molar-refractivity contribution in [1.82, 2.24) is 10.2 Å². The quantitative estimate of drug-likeness (QED) is 0.199. The van der Waals surface area contributed by atoms with Crippen molar-refractivity contribution in [1.29, 1.82) is 0 Å². The highest BCUT2D eigenvalue weighted by atomic mass is 35.5. The van der Waals surface area contributed by atoms with Crippen LogP contribution in [0, 0.1) is 0 Å². The number of nitrogens with one attached hydrogen (secondary N) is 1. The number of anilines is 1. The van der Waals surface area contributed by atoms with Crippen molar-refractivity contribution in [2.75, 3.05) is 18.0 Å². The van der Waals surface area contributed by atoms with Crippen molar-refractivity contribution in [3.63, 3.8) is 0 Å². The van der Waals surface area contributed by atoms with Crippen LogP contribution in [0.25, 0.3) is 10.8 Å². The van der Waals surface area contributed by atoms with E-state index in [-0.39, 0.29) is 37.2 Å². The number of amides is 3. The van der Waals surface area contributed by atoms with Gasteiger partial charge in [-0.1, -0.05) is 97.2 Å². The molecule has 0 aliphatic carbocycles. The van der Waals surface area contributed by atoms with Crippen molar-refractivity contribution in [3.05, 3.63) is 112 Å². The van der Waals surface area contributed by atoms with Crippen molar-refractivity contribution in [2.45, 2.75) is 38.8 Å². The van der Waals surface area contributed by atoms with Crippen LogP contribution in [-0.2, 0) is 22.6 Å². The van der Waals surface area contributed by atoms with E-state index in [1.165, 1.54) is 9.80 Å². The smallest absolute Gasteiger partial charge is 0.259 e. The molecule has 1 aliphatic rings. The maximum atomic E-state index is 14.3. The minimum absolute atomic E-state index is 0.00914. The van der Waals surface area contributed by atoms with Gasteiger partial charge in [-0.25, -0.2) is 0 Å². The number of benzene rings is 4. The topological polar surface area (TPSA) is 69.7 Å². The summed E-state index contributed by atoms with van der Waals surface area (Å²) in [4.78, 5) is 44.5. The first-order chi connectivity index (χ1) is 19.9. The van der Waals surface area contributed by atoms with Gasteiger partial charge in [-0.05, 0) is 41.6 Å². The first-order valence-corrected chi connectivity index (χ1v) is 14.5. The average molecular weight is 589 g/mol. The highest BCUT2D eigenvalue weighted by Gasteiger charge is 2.36. The van der Waals surface area contributed by atoms with Gasteiger partial charge in [0.15, 0.2) is 0 Å². The Morgan fingerprint density at radius 3 is 2.29 bits per heavy atom. The van der Waals surface area contributed by atoms with E-state index in [1.807, 2.05) is 60.7 Å². The Bertz CT molecular complexity index is 1570. The molecular weight excluding hydrogens is 557 g/mol. The molecule has 0 radical (unpaired) electrons. The van der Waals surface area contributed by atoms with Gasteiger partial charge < -0.3 is 10.2 Å². The number of hydrogen-bond acceptors (Lipinski definition) is 3. The monoisotopic (exact) mass is 587 g/mol. The minimum Gasteiger partial charge on any atom is -0.354 e. The standard InChI is InChI=1S/C33H31Cl2N3O3/c1-2-3-18-36-32(40)29(19-22-10-5-4-6-11-22)37(20-25-26(34)15-9-16-27(25)35)30(39)21-38-28-17-8-13-23-12-7-14-24(31(23)28)33(38)41/h4-17,29H,2-3,18-21H2,1H3,(H,36,40)/t29-/m0/s1. The second kappa shape index (κ2) is 12.8. The molecule has 1 aliphatic heterocycles. The van der Waals surface area contributed by atoms with Crippen molar-refractivity contribution >= 4 is 57.4 Å². The summed E-state index contributed by atoms with van der Waals surface area (Å²) in [6, 6.07) is 25.1. The minimum atomic E-state index is -0.857. The molecule has 3 amide bonds. The highest BCUT2D eigenvalue weighted by molar-refractivity contribution is 6.36. The van der Waals surface area contributed by atoms with E-state index >= 15 is 0 Å². The summed E-state index contributed by atoms with van der Waals surface area (Å²) in [5, 5.41) is 5.56. The molecule has 41 heavy (non-hydrogen) atoms. The number of unbranched alkanes of at least 4 members (excludes halogenated alkanes) is 1. The van der Waals surface area contributed by atoms with Gasteiger partial charge in [-0.2, -0.15) is 0 Å². The largest absolute Gasteiger partial charge is 0.354 e. The Morgan fingerprint density at radius 1 is 0.902 bits per heavy atom. The lowest BCUT2D eigenvalue weighted by Crippen LogP contribution is -2.53. The molecule has 4 aromatic carbocycles. The second-order valence-corrected chi connectivity index (χ2v) is 11.0. The summed E-state index contributed by atoms with van der Waals surface area (Å²) < 4.78 is 0. The second-order valence-electron chi connectivity index (χ2n) is 10.1. The highest BCUT2D eigenvalue weighted by Crippen LogP contribution is 2.37. The van der Waals surface area contributed by atoms with Crippen LogP contribution in [0.5, 0.6) is 0 Å². The Kier molecular flexibility index (Phi) is 8.91. The van der Waals surface area contributed by atoms with E-state index in [1.54, 1.807) is 24.3 Å². The van der Waals surface area contributed by atoms with Crippen LogP contribution in [0.1, 0.15) is 41.3 Å². The Hall–Kier alpha value is -3.87. The van der Waals surface area contributed by atoms with Crippen LogP contribution in [0.3, 0.4) is 0 Å². The molecule has 0 saturated heterocycles. The van der Waals surface area contributed by atoms with Gasteiger partial charge in [0.25, 0.3) is 5.91 Å². The third-order valence-corrected chi connectivity index (χ3v) is 8.14.